The Kier molecular flexibility index (Phi) is 5.31. The fourth-order valence-corrected chi connectivity index (χ4v) is 2.07. The Morgan fingerprint density at radius 3 is 2.20 bits per heavy atom. The predicted octanol–water partition coefficient (Wildman–Crippen LogP) is 3.89. The molecule has 132 valence electrons. The summed E-state index contributed by atoms with van der Waals surface area (Å²) in [7, 11) is 1.47. The molecule has 0 heterocycles. The molecular weight excluding hydrogens is 339 g/mol. The van der Waals surface area contributed by atoms with Gasteiger partial charge in [0.05, 0.1) is 18.2 Å². The summed E-state index contributed by atoms with van der Waals surface area (Å²) in [5.41, 5.74) is -1.26. The fourth-order valence-electron chi connectivity index (χ4n) is 2.07. The summed E-state index contributed by atoms with van der Waals surface area (Å²) < 4.78 is 49.0. The third kappa shape index (κ3) is 4.50. The minimum Gasteiger partial charge on any atom is -0.497 e. The smallest absolute Gasteiger partial charge is 0.420 e. The fraction of sp³-hybridized carbons (Fsp3) is 0.176. The van der Waals surface area contributed by atoms with E-state index in [0.717, 1.165) is 25.1 Å². The summed E-state index contributed by atoms with van der Waals surface area (Å²) in [5.74, 6) is -2.08. The number of methoxy groups -OCH3 is 1. The van der Waals surface area contributed by atoms with E-state index in [0.29, 0.717) is 11.4 Å². The van der Waals surface area contributed by atoms with Crippen LogP contribution in [0.2, 0.25) is 0 Å². The first kappa shape index (κ1) is 18.3. The summed E-state index contributed by atoms with van der Waals surface area (Å²) in [6, 6.07) is 9.16. The van der Waals surface area contributed by atoms with Gasteiger partial charge in [-0.2, -0.15) is 13.2 Å². The lowest BCUT2D eigenvalue weighted by Gasteiger charge is -2.15. The van der Waals surface area contributed by atoms with Gasteiger partial charge in [-0.15, -0.1) is 0 Å². The van der Waals surface area contributed by atoms with E-state index in [1.165, 1.54) is 19.2 Å². The van der Waals surface area contributed by atoms with Crippen LogP contribution in [0.3, 0.4) is 0 Å². The Morgan fingerprint density at radius 2 is 1.68 bits per heavy atom. The van der Waals surface area contributed by atoms with Crippen molar-refractivity contribution in [2.75, 3.05) is 12.4 Å². The average molecular weight is 353 g/mol. The van der Waals surface area contributed by atoms with Gasteiger partial charge in [0, 0.05) is 12.6 Å². The van der Waals surface area contributed by atoms with Crippen LogP contribution in [0.25, 0.3) is 0 Å². The summed E-state index contributed by atoms with van der Waals surface area (Å²) in [6.45, 7) is 0.957. The molecule has 1 amide bonds. The lowest BCUT2D eigenvalue weighted by molar-refractivity contribution is -0.141. The van der Waals surface area contributed by atoms with E-state index < -0.39 is 34.9 Å². The molecule has 0 fully saturated rings. The van der Waals surface area contributed by atoms with Crippen LogP contribution in [0.15, 0.2) is 42.5 Å². The Labute approximate surface area is 141 Å². The minimum absolute atomic E-state index is 0.344. The minimum atomic E-state index is -4.78. The Balaban J connectivity index is 2.38. The van der Waals surface area contributed by atoms with Crippen molar-refractivity contribution in [1.82, 2.24) is 0 Å². The molecule has 0 radical (unpaired) electrons. The van der Waals surface area contributed by atoms with Crippen molar-refractivity contribution >= 4 is 17.6 Å². The molecule has 0 aliphatic carbocycles. The maximum atomic E-state index is 13.1. The van der Waals surface area contributed by atoms with Crippen molar-refractivity contribution in [2.45, 2.75) is 13.1 Å². The number of para-hydroxylation sites is 1. The average Bonchev–Trinajstić information content (AvgIpc) is 2.54. The number of anilines is 1. The highest BCUT2D eigenvalue weighted by Gasteiger charge is 2.36. The van der Waals surface area contributed by atoms with Crippen molar-refractivity contribution in [3.8, 4) is 11.5 Å². The second kappa shape index (κ2) is 7.25. The van der Waals surface area contributed by atoms with E-state index in [1.807, 2.05) is 0 Å². The highest BCUT2D eigenvalue weighted by molar-refractivity contribution is 6.06. The quantitative estimate of drug-likeness (QED) is 0.669. The number of amides is 1. The summed E-state index contributed by atoms with van der Waals surface area (Å²) in [6.07, 6.45) is -4.78. The Morgan fingerprint density at radius 1 is 1.04 bits per heavy atom. The molecule has 2 aromatic rings. The van der Waals surface area contributed by atoms with Crippen LogP contribution in [0.1, 0.15) is 22.8 Å². The molecule has 5 nitrogen and oxygen atoms in total. The monoisotopic (exact) mass is 353 g/mol. The number of hydrogen-bond donors (Lipinski definition) is 1. The molecule has 0 saturated carbocycles. The molecule has 0 spiro atoms. The van der Waals surface area contributed by atoms with Gasteiger partial charge in [0.15, 0.2) is 5.75 Å². The number of benzene rings is 2. The molecule has 0 unspecified atom stereocenters. The standard InChI is InChI=1S/C17H14F3NO4/c1-10(22)25-15-13(4-3-5-14(15)17(18,19)20)16(23)21-11-6-8-12(24-2)9-7-11/h3-9H,1-2H3,(H,21,23). The Bertz CT molecular complexity index is 785. The number of carbonyl (C=O) groups is 2. The van der Waals surface area contributed by atoms with Gasteiger partial charge < -0.3 is 14.8 Å². The van der Waals surface area contributed by atoms with Crippen LogP contribution >= 0.6 is 0 Å². The van der Waals surface area contributed by atoms with Gasteiger partial charge >= 0.3 is 12.1 Å². The zero-order valence-electron chi connectivity index (χ0n) is 13.3. The molecule has 1 N–H and O–H groups in total. The van der Waals surface area contributed by atoms with Crippen molar-refractivity contribution in [2.24, 2.45) is 0 Å². The predicted molar refractivity (Wildman–Crippen MR) is 83.7 cm³/mol. The van der Waals surface area contributed by atoms with Crippen molar-refractivity contribution < 1.29 is 32.2 Å². The molecule has 25 heavy (non-hydrogen) atoms. The van der Waals surface area contributed by atoms with E-state index in [9.17, 15) is 22.8 Å². The zero-order valence-corrected chi connectivity index (χ0v) is 13.3. The zero-order chi connectivity index (χ0) is 18.6. The normalized spacial score (nSPS) is 10.9. The summed E-state index contributed by atoms with van der Waals surface area (Å²) in [5, 5.41) is 2.45. The first-order valence-corrected chi connectivity index (χ1v) is 7.06. The van der Waals surface area contributed by atoms with Crippen LogP contribution in [-0.2, 0) is 11.0 Å². The highest BCUT2D eigenvalue weighted by Crippen LogP contribution is 2.38. The maximum Gasteiger partial charge on any atom is 0.420 e. The van der Waals surface area contributed by atoms with Gasteiger partial charge in [0.1, 0.15) is 5.75 Å². The van der Waals surface area contributed by atoms with Crippen LogP contribution in [-0.4, -0.2) is 19.0 Å². The third-order valence-corrected chi connectivity index (χ3v) is 3.16. The van der Waals surface area contributed by atoms with Crippen molar-refractivity contribution in [1.29, 1.82) is 0 Å². The van der Waals surface area contributed by atoms with Gasteiger partial charge in [0.2, 0.25) is 0 Å². The van der Waals surface area contributed by atoms with Gasteiger partial charge in [0.25, 0.3) is 5.91 Å². The third-order valence-electron chi connectivity index (χ3n) is 3.16. The number of carbonyl (C=O) groups excluding carboxylic acids is 2. The van der Waals surface area contributed by atoms with Crippen LogP contribution < -0.4 is 14.8 Å². The Hall–Kier alpha value is -3.03. The second-order valence-electron chi connectivity index (χ2n) is 4.96. The van der Waals surface area contributed by atoms with Crippen molar-refractivity contribution in [3.63, 3.8) is 0 Å². The number of rotatable bonds is 4. The molecule has 0 atom stereocenters. The number of ether oxygens (including phenoxy) is 2. The molecule has 0 aliphatic rings. The first-order valence-electron chi connectivity index (χ1n) is 7.06. The number of halogens is 3. The number of esters is 1. The van der Waals surface area contributed by atoms with Gasteiger partial charge in [-0.3, -0.25) is 9.59 Å². The van der Waals surface area contributed by atoms with E-state index in [4.69, 9.17) is 4.74 Å². The molecular formula is C17H14F3NO4. The topological polar surface area (TPSA) is 64.6 Å². The van der Waals surface area contributed by atoms with Gasteiger partial charge in [-0.25, -0.2) is 0 Å². The molecule has 2 rings (SSSR count). The lowest BCUT2D eigenvalue weighted by Crippen LogP contribution is -2.18. The number of hydrogen-bond acceptors (Lipinski definition) is 4. The molecule has 0 saturated heterocycles. The molecule has 0 aliphatic heterocycles. The largest absolute Gasteiger partial charge is 0.497 e. The lowest BCUT2D eigenvalue weighted by atomic mass is 10.1. The maximum absolute atomic E-state index is 13.1. The van der Waals surface area contributed by atoms with Crippen molar-refractivity contribution in [3.05, 3.63) is 53.6 Å². The van der Waals surface area contributed by atoms with E-state index in [1.54, 1.807) is 12.1 Å². The van der Waals surface area contributed by atoms with E-state index in [-0.39, 0.29) is 0 Å². The number of nitrogens with one attached hydrogen (secondary N) is 1. The molecule has 0 bridgehead atoms. The first-order chi connectivity index (χ1) is 11.7. The van der Waals surface area contributed by atoms with E-state index >= 15 is 0 Å². The highest BCUT2D eigenvalue weighted by atomic mass is 19.4. The second-order valence-corrected chi connectivity index (χ2v) is 4.96. The SMILES string of the molecule is COc1ccc(NC(=O)c2cccc(C(F)(F)F)c2OC(C)=O)cc1. The molecule has 2 aromatic carbocycles. The van der Waals surface area contributed by atoms with Gasteiger partial charge in [-0.1, -0.05) is 6.07 Å². The number of alkyl halides is 3. The van der Waals surface area contributed by atoms with Crippen LogP contribution in [0.4, 0.5) is 18.9 Å². The summed E-state index contributed by atoms with van der Waals surface area (Å²) >= 11 is 0. The van der Waals surface area contributed by atoms with Gasteiger partial charge in [-0.05, 0) is 36.4 Å². The van der Waals surface area contributed by atoms with Crippen LogP contribution in [0.5, 0.6) is 11.5 Å². The summed E-state index contributed by atoms with van der Waals surface area (Å²) in [4.78, 5) is 23.5. The van der Waals surface area contributed by atoms with E-state index in [2.05, 4.69) is 10.1 Å². The molecule has 0 aromatic heterocycles. The molecule has 8 heteroatoms. The van der Waals surface area contributed by atoms with Crippen LogP contribution in [0, 0.1) is 0 Å².